The van der Waals surface area contributed by atoms with Crippen LogP contribution in [0.1, 0.15) is 33.6 Å². The van der Waals surface area contributed by atoms with Gasteiger partial charge in [-0.3, -0.25) is 9.79 Å². The van der Waals surface area contributed by atoms with Crippen LogP contribution in [0.4, 0.5) is 0 Å². The van der Waals surface area contributed by atoms with E-state index in [9.17, 15) is 4.79 Å². The quantitative estimate of drug-likeness (QED) is 0.291. The molecule has 0 aromatic carbocycles. The lowest BCUT2D eigenvalue weighted by Gasteiger charge is -2.29. The molecule has 0 unspecified atom stereocenters. The lowest BCUT2D eigenvalue weighted by Crippen LogP contribution is -2.38. The Hall–Kier alpha value is -3.88. The van der Waals surface area contributed by atoms with E-state index in [2.05, 4.69) is 15.6 Å². The van der Waals surface area contributed by atoms with E-state index in [1.165, 1.54) is 6.21 Å². The Labute approximate surface area is 201 Å². The first-order valence-corrected chi connectivity index (χ1v) is 11.5. The molecule has 3 rings (SSSR count). The minimum atomic E-state index is 0.115. The standard InChI is InChI=1S/C25H34N8O/c1-16(2)18(12-26)11-24(28)32-25-5-4-22-23(31-25)10-19(14-30-22)20(13-27)15-29-21-6-8-33(9-7-21)17(3)34/h4-5,10-16,21,26,30-31H,6-9,27H2,1-3H3,(H2,28,32). The maximum Gasteiger partial charge on any atom is 0.219 e. The molecule has 7 N–H and O–H groups in total. The molecule has 1 fully saturated rings. The van der Waals surface area contributed by atoms with Gasteiger partial charge in [-0.25, -0.2) is 4.99 Å². The summed E-state index contributed by atoms with van der Waals surface area (Å²) in [5, 5.41) is 14.1. The Morgan fingerprint density at radius 3 is 2.62 bits per heavy atom. The van der Waals surface area contributed by atoms with Crippen LogP contribution in [-0.2, 0) is 4.79 Å². The summed E-state index contributed by atoms with van der Waals surface area (Å²) in [6.45, 7) is 7.08. The second-order valence-corrected chi connectivity index (χ2v) is 8.68. The monoisotopic (exact) mass is 462 g/mol. The van der Waals surface area contributed by atoms with Crippen molar-refractivity contribution in [1.82, 2.24) is 15.5 Å². The van der Waals surface area contributed by atoms with Gasteiger partial charge in [0.1, 0.15) is 11.7 Å². The van der Waals surface area contributed by atoms with Crippen LogP contribution in [0.25, 0.3) is 0 Å². The van der Waals surface area contributed by atoms with Gasteiger partial charge < -0.3 is 32.4 Å². The maximum atomic E-state index is 11.5. The van der Waals surface area contributed by atoms with E-state index in [0.717, 1.165) is 54.0 Å². The molecule has 1 amide bonds. The average molecular weight is 463 g/mol. The van der Waals surface area contributed by atoms with Gasteiger partial charge in [-0.2, -0.15) is 0 Å². The van der Waals surface area contributed by atoms with E-state index in [0.29, 0.717) is 11.7 Å². The van der Waals surface area contributed by atoms with E-state index < -0.39 is 0 Å². The largest absolute Gasteiger partial charge is 0.404 e. The highest BCUT2D eigenvalue weighted by molar-refractivity contribution is 5.97. The summed E-state index contributed by atoms with van der Waals surface area (Å²) in [7, 11) is 0. The summed E-state index contributed by atoms with van der Waals surface area (Å²) in [5.74, 6) is 1.23. The third-order valence-corrected chi connectivity index (χ3v) is 5.89. The number of nitrogens with two attached hydrogens (primary N) is 2. The van der Waals surface area contributed by atoms with Gasteiger partial charge in [0, 0.05) is 56.0 Å². The zero-order valence-corrected chi connectivity index (χ0v) is 20.0. The van der Waals surface area contributed by atoms with E-state index in [1.54, 1.807) is 25.4 Å². The summed E-state index contributed by atoms with van der Waals surface area (Å²) in [6, 6.07) is 0.176. The predicted octanol–water partition coefficient (Wildman–Crippen LogP) is 2.20. The first kappa shape index (κ1) is 24.8. The number of likely N-dealkylation sites (tertiary alicyclic amines) is 1. The van der Waals surface area contributed by atoms with Gasteiger partial charge in [0.25, 0.3) is 0 Å². The molecule has 0 aromatic rings. The number of hydrogen-bond donors (Lipinski definition) is 5. The molecule has 3 aliphatic rings. The van der Waals surface area contributed by atoms with E-state index in [-0.39, 0.29) is 17.9 Å². The fourth-order valence-corrected chi connectivity index (χ4v) is 3.77. The van der Waals surface area contributed by atoms with Gasteiger partial charge in [-0.05, 0) is 48.6 Å². The minimum absolute atomic E-state index is 0.115. The molecule has 9 heteroatoms. The summed E-state index contributed by atoms with van der Waals surface area (Å²) in [6.07, 6.45) is 15.7. The van der Waals surface area contributed by atoms with Crippen molar-refractivity contribution in [2.75, 3.05) is 13.1 Å². The summed E-state index contributed by atoms with van der Waals surface area (Å²) in [5.41, 5.74) is 16.2. The molecule has 34 heavy (non-hydrogen) atoms. The third kappa shape index (κ3) is 6.34. The van der Waals surface area contributed by atoms with Crippen molar-refractivity contribution < 1.29 is 4.79 Å². The number of nitrogens with zero attached hydrogens (tertiary/aromatic N) is 3. The Balaban J connectivity index is 1.68. The molecule has 0 bridgehead atoms. The number of hydrogen-bond acceptors (Lipinski definition) is 7. The topological polar surface area (TPSA) is 145 Å². The highest BCUT2D eigenvalue weighted by Crippen LogP contribution is 2.23. The van der Waals surface area contributed by atoms with Gasteiger partial charge >= 0.3 is 0 Å². The van der Waals surface area contributed by atoms with E-state index in [4.69, 9.17) is 21.9 Å². The molecule has 0 radical (unpaired) electrons. The number of allylic oxidation sites excluding steroid dienone is 6. The number of dihydropyridines is 2. The van der Waals surface area contributed by atoms with Crippen molar-refractivity contribution >= 4 is 24.2 Å². The third-order valence-electron chi connectivity index (χ3n) is 5.89. The van der Waals surface area contributed by atoms with E-state index in [1.807, 2.05) is 43.2 Å². The van der Waals surface area contributed by atoms with Crippen molar-refractivity contribution in [2.45, 2.75) is 39.7 Å². The van der Waals surface area contributed by atoms with Crippen LogP contribution in [-0.4, -0.2) is 48.2 Å². The molecular weight excluding hydrogens is 428 g/mol. The number of carbonyl (C=O) groups is 1. The van der Waals surface area contributed by atoms with Gasteiger partial charge in [-0.1, -0.05) is 13.8 Å². The molecule has 0 aliphatic carbocycles. The smallest absolute Gasteiger partial charge is 0.219 e. The summed E-state index contributed by atoms with van der Waals surface area (Å²) < 4.78 is 0. The number of carbonyl (C=O) groups excluding carboxylic acids is 1. The Bertz CT molecular complexity index is 1060. The molecule has 9 nitrogen and oxygen atoms in total. The Morgan fingerprint density at radius 2 is 2.00 bits per heavy atom. The maximum absolute atomic E-state index is 11.5. The average Bonchev–Trinajstić information content (AvgIpc) is 2.82. The number of aliphatic imine (C=N–C) groups is 2. The van der Waals surface area contributed by atoms with Gasteiger partial charge in [-0.15, -0.1) is 0 Å². The van der Waals surface area contributed by atoms with Crippen molar-refractivity contribution in [3.63, 3.8) is 0 Å². The molecule has 0 spiro atoms. The number of fused-ring (bicyclic) bond motifs is 1. The first-order chi connectivity index (χ1) is 16.3. The molecule has 0 aromatic heterocycles. The highest BCUT2D eigenvalue weighted by Gasteiger charge is 2.20. The molecule has 180 valence electrons. The molecular formula is C25H34N8O. The molecule has 3 aliphatic heterocycles. The van der Waals surface area contributed by atoms with Crippen LogP contribution in [0.15, 0.2) is 80.6 Å². The number of amides is 1. The Kier molecular flexibility index (Phi) is 8.24. The van der Waals surface area contributed by atoms with Gasteiger partial charge in [0.05, 0.1) is 17.4 Å². The zero-order valence-electron chi connectivity index (χ0n) is 20.0. The number of amidine groups is 1. The van der Waals surface area contributed by atoms with Crippen LogP contribution in [0, 0.1) is 11.3 Å². The first-order valence-electron chi connectivity index (χ1n) is 11.5. The Morgan fingerprint density at radius 1 is 1.26 bits per heavy atom. The second kappa shape index (κ2) is 11.3. The minimum Gasteiger partial charge on any atom is -0.404 e. The zero-order chi connectivity index (χ0) is 24.7. The lowest BCUT2D eigenvalue weighted by molar-refractivity contribution is -0.129. The fourth-order valence-electron chi connectivity index (χ4n) is 3.77. The molecule has 0 saturated carbocycles. The van der Waals surface area contributed by atoms with Crippen LogP contribution < -0.4 is 22.1 Å². The van der Waals surface area contributed by atoms with Crippen molar-refractivity contribution in [1.29, 1.82) is 5.41 Å². The van der Waals surface area contributed by atoms with Crippen molar-refractivity contribution in [3.05, 3.63) is 70.6 Å². The van der Waals surface area contributed by atoms with Crippen LogP contribution in [0.5, 0.6) is 0 Å². The number of piperidine rings is 1. The summed E-state index contributed by atoms with van der Waals surface area (Å²) >= 11 is 0. The van der Waals surface area contributed by atoms with Crippen LogP contribution >= 0.6 is 0 Å². The number of rotatable bonds is 7. The van der Waals surface area contributed by atoms with Crippen LogP contribution in [0.3, 0.4) is 0 Å². The SMILES string of the molecule is CC(=O)N1CCC(N=CC(=CN)C2=CNC3=CC=C(N=C(N)C=C(C=N)C(C)C)NC3=C2)CC1. The molecule has 1 saturated heterocycles. The van der Waals surface area contributed by atoms with Crippen LogP contribution in [0.2, 0.25) is 0 Å². The van der Waals surface area contributed by atoms with Gasteiger partial charge in [0.15, 0.2) is 0 Å². The normalized spacial score (nSPS) is 20.1. The fraction of sp³-hybridized carbons (Fsp3) is 0.360. The van der Waals surface area contributed by atoms with E-state index >= 15 is 0 Å². The second-order valence-electron chi connectivity index (χ2n) is 8.68. The van der Waals surface area contributed by atoms with Crippen molar-refractivity contribution in [3.8, 4) is 0 Å². The van der Waals surface area contributed by atoms with Crippen molar-refractivity contribution in [2.24, 2.45) is 27.4 Å². The van der Waals surface area contributed by atoms with Gasteiger partial charge in [0.2, 0.25) is 5.91 Å². The lowest BCUT2D eigenvalue weighted by atomic mass is 10.0. The number of nitrogens with one attached hydrogen (secondary N) is 3. The molecule has 0 atom stereocenters. The molecule has 3 heterocycles. The predicted molar refractivity (Wildman–Crippen MR) is 138 cm³/mol. The summed E-state index contributed by atoms with van der Waals surface area (Å²) in [4.78, 5) is 22.5. The highest BCUT2D eigenvalue weighted by atomic mass is 16.2.